The third-order valence-corrected chi connectivity index (χ3v) is 4.57. The minimum Gasteiger partial charge on any atom is -0.481 e. The number of rotatable bonds is 8. The van der Waals surface area contributed by atoms with Gasteiger partial charge in [0.25, 0.3) is 0 Å². The van der Waals surface area contributed by atoms with Gasteiger partial charge in [-0.3, -0.25) is 14.4 Å². The van der Waals surface area contributed by atoms with E-state index < -0.39 is 11.5 Å². The van der Waals surface area contributed by atoms with Gasteiger partial charge in [0.05, 0.1) is 24.5 Å². The van der Waals surface area contributed by atoms with Crippen molar-refractivity contribution in [2.75, 3.05) is 26.8 Å². The second-order valence-corrected chi connectivity index (χ2v) is 6.99. The molecule has 1 aliphatic heterocycles. The molecule has 0 aromatic rings. The maximum atomic E-state index is 12.6. The van der Waals surface area contributed by atoms with Crippen LogP contribution in [-0.4, -0.2) is 60.1 Å². The van der Waals surface area contributed by atoms with E-state index in [2.05, 4.69) is 5.32 Å². The van der Waals surface area contributed by atoms with Crippen LogP contribution < -0.4 is 5.32 Å². The number of nitrogens with zero attached hydrogens (tertiary/aromatic N) is 1. The van der Waals surface area contributed by atoms with Gasteiger partial charge >= 0.3 is 5.97 Å². The monoisotopic (exact) mass is 342 g/mol. The predicted octanol–water partition coefficient (Wildman–Crippen LogP) is 1.27. The molecular formula is C17H30N2O5. The van der Waals surface area contributed by atoms with E-state index in [9.17, 15) is 14.4 Å². The highest BCUT2D eigenvalue weighted by Gasteiger charge is 2.35. The quantitative estimate of drug-likeness (QED) is 0.692. The largest absolute Gasteiger partial charge is 0.481 e. The van der Waals surface area contributed by atoms with Crippen LogP contribution in [0.25, 0.3) is 0 Å². The van der Waals surface area contributed by atoms with Crippen LogP contribution in [-0.2, 0) is 19.1 Å². The van der Waals surface area contributed by atoms with Crippen molar-refractivity contribution in [1.82, 2.24) is 10.2 Å². The topological polar surface area (TPSA) is 95.9 Å². The standard InChI is InChI=1S/C17H30N2O5/c1-5-12(2)16(23)19-8-6-7-13(10-19)15(22)18-17(3,11-24-4)9-14(20)21/h12-13H,5-11H2,1-4H3,(H,18,22)(H,20,21). The highest BCUT2D eigenvalue weighted by atomic mass is 16.5. The molecule has 24 heavy (non-hydrogen) atoms. The van der Waals surface area contributed by atoms with Crippen molar-refractivity contribution < 1.29 is 24.2 Å². The van der Waals surface area contributed by atoms with Crippen LogP contribution in [0.15, 0.2) is 0 Å². The predicted molar refractivity (Wildman–Crippen MR) is 89.4 cm³/mol. The molecule has 0 aromatic heterocycles. The summed E-state index contributed by atoms with van der Waals surface area (Å²) in [5.41, 5.74) is -0.958. The van der Waals surface area contributed by atoms with Gasteiger partial charge in [-0.25, -0.2) is 0 Å². The molecule has 0 bridgehead atoms. The van der Waals surface area contributed by atoms with Gasteiger partial charge in [0, 0.05) is 26.1 Å². The molecule has 0 aromatic carbocycles. The summed E-state index contributed by atoms with van der Waals surface area (Å²) in [6.07, 6.45) is 2.04. The lowest BCUT2D eigenvalue weighted by Gasteiger charge is -2.36. The molecule has 3 atom stereocenters. The molecule has 1 saturated heterocycles. The van der Waals surface area contributed by atoms with Crippen molar-refractivity contribution in [1.29, 1.82) is 0 Å². The molecule has 7 heteroatoms. The van der Waals surface area contributed by atoms with Gasteiger partial charge in [0.2, 0.25) is 11.8 Å². The summed E-state index contributed by atoms with van der Waals surface area (Å²) in [6.45, 7) is 6.72. The van der Waals surface area contributed by atoms with E-state index in [-0.39, 0.29) is 36.7 Å². The second kappa shape index (κ2) is 9.01. The summed E-state index contributed by atoms with van der Waals surface area (Å²) >= 11 is 0. The number of aliphatic carboxylic acids is 1. The lowest BCUT2D eigenvalue weighted by molar-refractivity contribution is -0.140. The molecular weight excluding hydrogens is 312 g/mol. The summed E-state index contributed by atoms with van der Waals surface area (Å²) in [7, 11) is 1.47. The van der Waals surface area contributed by atoms with Gasteiger partial charge in [-0.2, -0.15) is 0 Å². The number of likely N-dealkylation sites (tertiary alicyclic amines) is 1. The van der Waals surface area contributed by atoms with Gasteiger partial charge < -0.3 is 20.1 Å². The van der Waals surface area contributed by atoms with Crippen LogP contribution in [0.2, 0.25) is 0 Å². The fraction of sp³-hybridized carbons (Fsp3) is 0.824. The molecule has 2 N–H and O–H groups in total. The molecule has 0 aliphatic carbocycles. The second-order valence-electron chi connectivity index (χ2n) is 6.99. The molecule has 0 radical (unpaired) electrons. The van der Waals surface area contributed by atoms with Crippen LogP contribution in [0.5, 0.6) is 0 Å². The summed E-state index contributed by atoms with van der Waals surface area (Å²) < 4.78 is 5.06. The Bertz CT molecular complexity index is 468. The first-order chi connectivity index (χ1) is 11.2. The van der Waals surface area contributed by atoms with Crippen molar-refractivity contribution in [2.45, 2.75) is 52.0 Å². The van der Waals surface area contributed by atoms with E-state index in [4.69, 9.17) is 9.84 Å². The minimum atomic E-state index is -0.993. The maximum Gasteiger partial charge on any atom is 0.305 e. The number of hydrogen-bond donors (Lipinski definition) is 2. The molecule has 7 nitrogen and oxygen atoms in total. The Kier molecular flexibility index (Phi) is 7.66. The summed E-state index contributed by atoms with van der Waals surface area (Å²) in [5, 5.41) is 11.9. The number of piperidine rings is 1. The van der Waals surface area contributed by atoms with Gasteiger partial charge in [-0.05, 0) is 26.2 Å². The van der Waals surface area contributed by atoms with Gasteiger partial charge in [0.1, 0.15) is 0 Å². The van der Waals surface area contributed by atoms with Gasteiger partial charge in [-0.15, -0.1) is 0 Å². The zero-order valence-electron chi connectivity index (χ0n) is 15.1. The van der Waals surface area contributed by atoms with Crippen molar-refractivity contribution in [3.8, 4) is 0 Å². The van der Waals surface area contributed by atoms with E-state index in [0.29, 0.717) is 19.5 Å². The number of hydrogen-bond acceptors (Lipinski definition) is 4. The smallest absolute Gasteiger partial charge is 0.305 e. The molecule has 2 amide bonds. The summed E-state index contributed by atoms with van der Waals surface area (Å²) in [6, 6.07) is 0. The van der Waals surface area contributed by atoms with Crippen molar-refractivity contribution in [3.05, 3.63) is 0 Å². The fourth-order valence-corrected chi connectivity index (χ4v) is 3.06. The van der Waals surface area contributed by atoms with Crippen LogP contribution in [0, 0.1) is 11.8 Å². The van der Waals surface area contributed by atoms with Crippen LogP contribution in [0.4, 0.5) is 0 Å². The van der Waals surface area contributed by atoms with E-state index in [1.165, 1.54) is 7.11 Å². The number of amides is 2. The van der Waals surface area contributed by atoms with Crippen LogP contribution in [0.3, 0.4) is 0 Å². The Morgan fingerprint density at radius 1 is 1.42 bits per heavy atom. The maximum absolute atomic E-state index is 12.6. The zero-order chi connectivity index (χ0) is 18.3. The van der Waals surface area contributed by atoms with E-state index in [1.807, 2.05) is 13.8 Å². The Balaban J connectivity index is 2.72. The Morgan fingerprint density at radius 3 is 2.62 bits per heavy atom. The number of ether oxygens (including phenoxy) is 1. The molecule has 0 saturated carbocycles. The third kappa shape index (κ3) is 5.78. The normalized spacial score (nSPS) is 21.7. The molecule has 1 rings (SSSR count). The highest BCUT2D eigenvalue weighted by molar-refractivity contribution is 5.83. The highest BCUT2D eigenvalue weighted by Crippen LogP contribution is 2.21. The van der Waals surface area contributed by atoms with Gasteiger partial charge in [0.15, 0.2) is 0 Å². The first kappa shape index (κ1) is 20.4. The Labute approximate surface area is 143 Å². The Hall–Kier alpha value is -1.63. The third-order valence-electron chi connectivity index (χ3n) is 4.57. The zero-order valence-corrected chi connectivity index (χ0v) is 15.1. The van der Waals surface area contributed by atoms with Crippen molar-refractivity contribution in [2.24, 2.45) is 11.8 Å². The van der Waals surface area contributed by atoms with Crippen LogP contribution >= 0.6 is 0 Å². The first-order valence-electron chi connectivity index (χ1n) is 8.54. The molecule has 1 aliphatic rings. The van der Waals surface area contributed by atoms with E-state index in [0.717, 1.165) is 12.8 Å². The van der Waals surface area contributed by atoms with Gasteiger partial charge in [-0.1, -0.05) is 13.8 Å². The Morgan fingerprint density at radius 2 is 2.08 bits per heavy atom. The number of methoxy groups -OCH3 is 1. The minimum absolute atomic E-state index is 0.0439. The summed E-state index contributed by atoms with van der Waals surface area (Å²) in [4.78, 5) is 37.7. The first-order valence-corrected chi connectivity index (χ1v) is 8.54. The van der Waals surface area contributed by atoms with Crippen molar-refractivity contribution >= 4 is 17.8 Å². The molecule has 1 fully saturated rings. The molecule has 0 spiro atoms. The number of nitrogens with one attached hydrogen (secondary N) is 1. The van der Waals surface area contributed by atoms with Crippen LogP contribution in [0.1, 0.15) is 46.5 Å². The average Bonchev–Trinajstić information content (AvgIpc) is 2.52. The fourth-order valence-electron chi connectivity index (χ4n) is 3.06. The number of carboxylic acids is 1. The lowest BCUT2D eigenvalue weighted by atomic mass is 9.92. The molecule has 138 valence electrons. The number of carbonyl (C=O) groups is 3. The average molecular weight is 342 g/mol. The van der Waals surface area contributed by atoms with E-state index >= 15 is 0 Å². The van der Waals surface area contributed by atoms with Crippen molar-refractivity contribution in [3.63, 3.8) is 0 Å². The summed E-state index contributed by atoms with van der Waals surface area (Å²) in [5.74, 6) is -1.47. The molecule has 3 unspecified atom stereocenters. The molecule has 1 heterocycles. The number of carboxylic acid groups (broad SMARTS) is 1. The SMILES string of the molecule is CCC(C)C(=O)N1CCCC(C(=O)NC(C)(COC)CC(=O)O)C1. The van der Waals surface area contributed by atoms with E-state index in [1.54, 1.807) is 11.8 Å². The lowest BCUT2D eigenvalue weighted by Crippen LogP contribution is -2.55. The number of carbonyl (C=O) groups excluding carboxylic acids is 2.